The van der Waals surface area contributed by atoms with Gasteiger partial charge in [-0.25, -0.2) is 4.99 Å². The van der Waals surface area contributed by atoms with Crippen molar-refractivity contribution in [3.05, 3.63) is 101 Å². The summed E-state index contributed by atoms with van der Waals surface area (Å²) in [6, 6.07) is 24.3. The first-order valence-electron chi connectivity index (χ1n) is 11.4. The van der Waals surface area contributed by atoms with Gasteiger partial charge < -0.3 is 9.47 Å². The second-order valence-corrected chi connectivity index (χ2v) is 9.50. The highest BCUT2D eigenvalue weighted by atomic mass is 32.2. The van der Waals surface area contributed by atoms with Crippen LogP contribution in [0.4, 0.5) is 0 Å². The first-order chi connectivity index (χ1) is 16.7. The van der Waals surface area contributed by atoms with Crippen LogP contribution < -0.4 is 9.47 Å². The number of carbonyl (C=O) groups is 1. The van der Waals surface area contributed by atoms with Crippen molar-refractivity contribution in [2.45, 2.75) is 25.5 Å². The van der Waals surface area contributed by atoms with Crippen molar-refractivity contribution in [1.82, 2.24) is 4.90 Å². The van der Waals surface area contributed by atoms with Crippen LogP contribution in [0.25, 0.3) is 5.70 Å². The molecular formula is C28H24N2O3S. The minimum atomic E-state index is -0.191. The highest BCUT2D eigenvalue weighted by molar-refractivity contribution is 8.15. The zero-order chi connectivity index (χ0) is 23.1. The summed E-state index contributed by atoms with van der Waals surface area (Å²) in [5.41, 5.74) is 6.67. The van der Waals surface area contributed by atoms with Gasteiger partial charge in [0, 0.05) is 11.1 Å². The second kappa shape index (κ2) is 8.69. The van der Waals surface area contributed by atoms with Gasteiger partial charge in [-0.15, -0.1) is 0 Å². The fourth-order valence-corrected chi connectivity index (χ4v) is 5.87. The molecule has 0 spiro atoms. The van der Waals surface area contributed by atoms with Crippen LogP contribution >= 0.6 is 11.8 Å². The number of ether oxygens (including phenoxy) is 2. The molecule has 0 radical (unpaired) electrons. The normalized spacial score (nSPS) is 18.7. The molecule has 6 rings (SSSR count). The standard InChI is InChI=1S/C28H24N2O3S/c1-32-24-10-6-5-9-22(24)27-23-13-11-19-15-20(33-16-18-7-3-2-4-8-18)12-14-21(19)26(23)29-28-30(27)25(31)17-34-28/h2-10,12,14-15,27H,11,13,16-17H2,1H3. The number of amides is 1. The lowest BCUT2D eigenvalue weighted by molar-refractivity contribution is -0.125. The van der Waals surface area contributed by atoms with Crippen molar-refractivity contribution in [2.24, 2.45) is 4.99 Å². The van der Waals surface area contributed by atoms with Crippen LogP contribution in [-0.4, -0.2) is 28.8 Å². The Morgan fingerprint density at radius 2 is 1.85 bits per heavy atom. The molecule has 1 saturated heterocycles. The molecule has 1 fully saturated rings. The highest BCUT2D eigenvalue weighted by Gasteiger charge is 2.43. The van der Waals surface area contributed by atoms with Crippen molar-refractivity contribution in [3.63, 3.8) is 0 Å². The third-order valence-corrected chi connectivity index (χ3v) is 7.51. The third kappa shape index (κ3) is 3.59. The van der Waals surface area contributed by atoms with E-state index in [4.69, 9.17) is 14.5 Å². The number of aliphatic imine (C=N–C) groups is 1. The molecule has 2 heterocycles. The molecule has 0 N–H and O–H groups in total. The van der Waals surface area contributed by atoms with Crippen LogP contribution in [0.1, 0.15) is 34.7 Å². The van der Waals surface area contributed by atoms with Gasteiger partial charge in [0.25, 0.3) is 0 Å². The number of rotatable bonds is 5. The summed E-state index contributed by atoms with van der Waals surface area (Å²) >= 11 is 1.51. The van der Waals surface area contributed by atoms with Gasteiger partial charge in [-0.2, -0.15) is 0 Å². The zero-order valence-corrected chi connectivity index (χ0v) is 19.7. The number of fused-ring (bicyclic) bond motifs is 3. The summed E-state index contributed by atoms with van der Waals surface area (Å²) in [6.07, 6.45) is 1.71. The number of amidine groups is 1. The summed E-state index contributed by atoms with van der Waals surface area (Å²) in [7, 11) is 1.68. The molecule has 5 nitrogen and oxygen atoms in total. The van der Waals surface area contributed by atoms with Gasteiger partial charge in [0.15, 0.2) is 5.17 Å². The molecular weight excluding hydrogens is 444 g/mol. The molecule has 170 valence electrons. The molecule has 1 atom stereocenters. The molecule has 2 aliphatic heterocycles. The first kappa shape index (κ1) is 21.1. The van der Waals surface area contributed by atoms with Crippen LogP contribution in [0.2, 0.25) is 0 Å². The maximum atomic E-state index is 12.9. The maximum Gasteiger partial charge on any atom is 0.239 e. The average Bonchev–Trinajstić information content (AvgIpc) is 3.26. The molecule has 3 aliphatic rings. The molecule has 0 bridgehead atoms. The van der Waals surface area contributed by atoms with Gasteiger partial charge in [-0.1, -0.05) is 60.3 Å². The molecule has 1 unspecified atom stereocenters. The molecule has 0 aromatic heterocycles. The molecule has 1 aliphatic carbocycles. The lowest BCUT2D eigenvalue weighted by Crippen LogP contribution is -2.38. The predicted molar refractivity (Wildman–Crippen MR) is 135 cm³/mol. The monoisotopic (exact) mass is 468 g/mol. The average molecular weight is 469 g/mol. The summed E-state index contributed by atoms with van der Waals surface area (Å²) in [5.74, 6) is 2.18. The molecule has 1 amide bonds. The Labute approximate surface area is 203 Å². The number of methoxy groups -OCH3 is 1. The number of hydrogen-bond acceptors (Lipinski definition) is 5. The van der Waals surface area contributed by atoms with E-state index >= 15 is 0 Å². The number of carbonyl (C=O) groups excluding carboxylic acids is 1. The van der Waals surface area contributed by atoms with Crippen molar-refractivity contribution < 1.29 is 14.3 Å². The Morgan fingerprint density at radius 3 is 2.71 bits per heavy atom. The van der Waals surface area contributed by atoms with E-state index in [9.17, 15) is 4.79 Å². The van der Waals surface area contributed by atoms with Gasteiger partial charge in [-0.05, 0) is 53.8 Å². The summed E-state index contributed by atoms with van der Waals surface area (Å²) in [4.78, 5) is 19.7. The highest BCUT2D eigenvalue weighted by Crippen LogP contribution is 2.49. The van der Waals surface area contributed by atoms with E-state index in [1.54, 1.807) is 7.11 Å². The number of hydrogen-bond donors (Lipinski definition) is 0. The Morgan fingerprint density at radius 1 is 1.03 bits per heavy atom. The first-order valence-corrected chi connectivity index (χ1v) is 12.4. The molecule has 3 aromatic rings. The fraction of sp³-hybridized carbons (Fsp3) is 0.214. The lowest BCUT2D eigenvalue weighted by atomic mass is 9.82. The van der Waals surface area contributed by atoms with E-state index in [0.29, 0.717) is 12.4 Å². The van der Waals surface area contributed by atoms with Crippen LogP contribution in [0.5, 0.6) is 11.5 Å². The summed E-state index contributed by atoms with van der Waals surface area (Å²) in [6.45, 7) is 0.541. The molecule has 3 aromatic carbocycles. The maximum absolute atomic E-state index is 12.9. The van der Waals surface area contributed by atoms with Crippen molar-refractivity contribution in [3.8, 4) is 11.5 Å². The van der Waals surface area contributed by atoms with Gasteiger partial charge in [0.05, 0.1) is 24.6 Å². The summed E-state index contributed by atoms with van der Waals surface area (Å²) in [5, 5.41) is 0.775. The molecule has 0 saturated carbocycles. The lowest BCUT2D eigenvalue weighted by Gasteiger charge is -2.37. The number of thioether (sulfide) groups is 1. The van der Waals surface area contributed by atoms with Crippen molar-refractivity contribution in [2.75, 3.05) is 12.9 Å². The van der Waals surface area contributed by atoms with Crippen molar-refractivity contribution >= 4 is 28.5 Å². The van der Waals surface area contributed by atoms with Crippen LogP contribution in [-0.2, 0) is 17.8 Å². The number of nitrogens with zero attached hydrogens (tertiary/aromatic N) is 2. The largest absolute Gasteiger partial charge is 0.496 e. The van der Waals surface area contributed by atoms with E-state index < -0.39 is 0 Å². The molecule has 6 heteroatoms. The van der Waals surface area contributed by atoms with Gasteiger partial charge in [-0.3, -0.25) is 9.69 Å². The van der Waals surface area contributed by atoms with E-state index in [1.807, 2.05) is 47.4 Å². The fourth-order valence-electron chi connectivity index (χ4n) is 4.98. The number of benzene rings is 3. The quantitative estimate of drug-likeness (QED) is 0.488. The minimum Gasteiger partial charge on any atom is -0.496 e. The SMILES string of the molecule is COc1ccccc1C1C2=C(N=C3SCC(=O)N31)c1ccc(OCc3ccccc3)cc1CC2. The van der Waals surface area contributed by atoms with Gasteiger partial charge in [0.2, 0.25) is 5.91 Å². The van der Waals surface area contributed by atoms with Gasteiger partial charge in [0.1, 0.15) is 18.1 Å². The number of para-hydroxylation sites is 1. The topological polar surface area (TPSA) is 51.1 Å². The summed E-state index contributed by atoms with van der Waals surface area (Å²) < 4.78 is 11.8. The Bertz CT molecular complexity index is 1330. The van der Waals surface area contributed by atoms with Crippen LogP contribution in [0.3, 0.4) is 0 Å². The minimum absolute atomic E-state index is 0.0988. The second-order valence-electron chi connectivity index (χ2n) is 8.56. The van der Waals surface area contributed by atoms with Crippen LogP contribution in [0, 0.1) is 0 Å². The van der Waals surface area contributed by atoms with Crippen molar-refractivity contribution in [1.29, 1.82) is 0 Å². The Balaban J connectivity index is 1.39. The molecule has 34 heavy (non-hydrogen) atoms. The Hall–Kier alpha value is -3.51. The van der Waals surface area contributed by atoms with Crippen LogP contribution in [0.15, 0.2) is 83.4 Å². The predicted octanol–water partition coefficient (Wildman–Crippen LogP) is 5.62. The van der Waals surface area contributed by atoms with E-state index in [-0.39, 0.29) is 11.9 Å². The van der Waals surface area contributed by atoms with E-state index in [2.05, 4.69) is 30.3 Å². The van der Waals surface area contributed by atoms with E-state index in [0.717, 1.165) is 51.9 Å². The smallest absolute Gasteiger partial charge is 0.239 e. The Kier molecular flexibility index (Phi) is 5.38. The number of aryl methyl sites for hydroxylation is 1. The van der Waals surface area contributed by atoms with Gasteiger partial charge >= 0.3 is 0 Å². The zero-order valence-electron chi connectivity index (χ0n) is 18.9. The third-order valence-electron chi connectivity index (χ3n) is 6.58. The van der Waals surface area contributed by atoms with E-state index in [1.165, 1.54) is 22.9 Å².